The van der Waals surface area contributed by atoms with Crippen molar-refractivity contribution in [1.82, 2.24) is 20.0 Å². The highest BCUT2D eigenvalue weighted by molar-refractivity contribution is 5.95. The van der Waals surface area contributed by atoms with E-state index in [1.54, 1.807) is 16.8 Å². The number of aryl methyl sites for hydroxylation is 2. The van der Waals surface area contributed by atoms with Gasteiger partial charge in [-0.3, -0.25) is 9.48 Å². The fraction of sp³-hybridized carbons (Fsp3) is 0.333. The third-order valence-corrected chi connectivity index (χ3v) is 2.58. The van der Waals surface area contributed by atoms with E-state index in [1.165, 1.54) is 7.11 Å². The first-order valence-corrected chi connectivity index (χ1v) is 5.50. The molecule has 0 aliphatic heterocycles. The molecule has 0 amide bonds. The Kier molecular flexibility index (Phi) is 3.36. The summed E-state index contributed by atoms with van der Waals surface area (Å²) >= 11 is 0. The van der Waals surface area contributed by atoms with Crippen LogP contribution in [-0.2, 0) is 13.5 Å². The first kappa shape index (κ1) is 12.2. The number of nitrogens with zero attached hydrogens (tertiary/aromatic N) is 4. The molecule has 0 atom stereocenters. The average molecular weight is 246 g/mol. The summed E-state index contributed by atoms with van der Waals surface area (Å²) in [5.41, 5.74) is 2.07. The highest BCUT2D eigenvalue weighted by Crippen LogP contribution is 2.09. The third kappa shape index (κ3) is 2.53. The lowest BCUT2D eigenvalue weighted by Gasteiger charge is -2.01. The summed E-state index contributed by atoms with van der Waals surface area (Å²) in [6.45, 7) is 1.89. The summed E-state index contributed by atoms with van der Waals surface area (Å²) in [6.07, 6.45) is 0.262. The minimum absolute atomic E-state index is 0.0897. The minimum atomic E-state index is -0.0897. The van der Waals surface area contributed by atoms with E-state index in [1.807, 2.05) is 20.0 Å². The molecule has 18 heavy (non-hydrogen) atoms. The molecular formula is C12H14N4O2. The molecule has 6 nitrogen and oxygen atoms in total. The van der Waals surface area contributed by atoms with Crippen molar-refractivity contribution in [2.75, 3.05) is 7.11 Å². The van der Waals surface area contributed by atoms with E-state index in [4.69, 9.17) is 4.74 Å². The van der Waals surface area contributed by atoms with E-state index in [9.17, 15) is 4.79 Å². The quantitative estimate of drug-likeness (QED) is 0.751. The number of carbonyl (C=O) groups is 1. The molecular weight excluding hydrogens is 232 g/mol. The van der Waals surface area contributed by atoms with Crippen LogP contribution in [0.1, 0.15) is 21.9 Å². The highest BCUT2D eigenvalue weighted by atomic mass is 16.5. The van der Waals surface area contributed by atoms with Gasteiger partial charge in [0.1, 0.15) is 5.69 Å². The van der Waals surface area contributed by atoms with Gasteiger partial charge in [-0.1, -0.05) is 0 Å². The van der Waals surface area contributed by atoms with Gasteiger partial charge in [0.05, 0.1) is 19.2 Å². The van der Waals surface area contributed by atoms with Crippen molar-refractivity contribution in [1.29, 1.82) is 0 Å². The molecule has 0 radical (unpaired) electrons. The number of hydrogen-bond donors (Lipinski definition) is 0. The molecule has 2 heterocycles. The normalized spacial score (nSPS) is 10.4. The fourth-order valence-corrected chi connectivity index (χ4v) is 1.66. The number of methoxy groups -OCH3 is 1. The Morgan fingerprint density at radius 2 is 2.17 bits per heavy atom. The smallest absolute Gasteiger partial charge is 0.233 e. The molecule has 6 heteroatoms. The van der Waals surface area contributed by atoms with Gasteiger partial charge in [-0.05, 0) is 19.1 Å². The van der Waals surface area contributed by atoms with E-state index in [2.05, 4.69) is 15.3 Å². The lowest BCUT2D eigenvalue weighted by atomic mass is 10.1. The zero-order valence-corrected chi connectivity index (χ0v) is 10.5. The van der Waals surface area contributed by atoms with Gasteiger partial charge in [0.2, 0.25) is 5.88 Å². The maximum atomic E-state index is 12.0. The lowest BCUT2D eigenvalue weighted by molar-refractivity contribution is 0.0985. The molecule has 0 saturated carbocycles. The van der Waals surface area contributed by atoms with Crippen LogP contribution in [0, 0.1) is 6.92 Å². The number of ketones is 1. The standard InChI is InChI=1S/C12H14N4O2/c1-8-6-9(16(2)15-8)7-11(17)10-4-5-12(18-3)14-13-10/h4-6H,7H2,1-3H3. The summed E-state index contributed by atoms with van der Waals surface area (Å²) in [4.78, 5) is 12.0. The molecule has 0 N–H and O–H groups in total. The van der Waals surface area contributed by atoms with Gasteiger partial charge < -0.3 is 4.74 Å². The summed E-state index contributed by atoms with van der Waals surface area (Å²) in [5.74, 6) is 0.302. The molecule has 0 bridgehead atoms. The zero-order chi connectivity index (χ0) is 13.1. The van der Waals surface area contributed by atoms with Crippen LogP contribution in [-0.4, -0.2) is 32.9 Å². The molecule has 0 unspecified atom stereocenters. The molecule has 0 saturated heterocycles. The monoisotopic (exact) mass is 246 g/mol. The largest absolute Gasteiger partial charge is 0.480 e. The van der Waals surface area contributed by atoms with Crippen molar-refractivity contribution in [3.63, 3.8) is 0 Å². The summed E-state index contributed by atoms with van der Waals surface area (Å²) in [7, 11) is 3.32. The van der Waals surface area contributed by atoms with Gasteiger partial charge in [0.25, 0.3) is 0 Å². The third-order valence-electron chi connectivity index (χ3n) is 2.58. The Labute approximate surface area is 105 Å². The first-order valence-electron chi connectivity index (χ1n) is 5.50. The van der Waals surface area contributed by atoms with Crippen molar-refractivity contribution in [2.24, 2.45) is 7.05 Å². The first-order chi connectivity index (χ1) is 8.60. The van der Waals surface area contributed by atoms with Crippen LogP contribution < -0.4 is 4.74 Å². The second kappa shape index (κ2) is 4.95. The van der Waals surface area contributed by atoms with Crippen LogP contribution >= 0.6 is 0 Å². The van der Waals surface area contributed by atoms with Gasteiger partial charge in [-0.15, -0.1) is 10.2 Å². The Balaban J connectivity index is 2.14. The Hall–Kier alpha value is -2.24. The lowest BCUT2D eigenvalue weighted by Crippen LogP contribution is -2.10. The minimum Gasteiger partial charge on any atom is -0.480 e. The number of hydrogen-bond acceptors (Lipinski definition) is 5. The number of Topliss-reactive ketones (excluding diaryl/α,β-unsaturated/α-hetero) is 1. The van der Waals surface area contributed by atoms with E-state index >= 15 is 0 Å². The van der Waals surface area contributed by atoms with Gasteiger partial charge >= 0.3 is 0 Å². The Bertz CT molecular complexity index is 560. The zero-order valence-electron chi connectivity index (χ0n) is 10.5. The van der Waals surface area contributed by atoms with Crippen molar-refractivity contribution in [2.45, 2.75) is 13.3 Å². The molecule has 0 aliphatic rings. The van der Waals surface area contributed by atoms with Crippen LogP contribution in [0.5, 0.6) is 5.88 Å². The summed E-state index contributed by atoms with van der Waals surface area (Å²) in [5, 5.41) is 11.8. The van der Waals surface area contributed by atoms with Crippen molar-refractivity contribution in [3.8, 4) is 5.88 Å². The van der Waals surface area contributed by atoms with E-state index in [0.717, 1.165) is 11.4 Å². The van der Waals surface area contributed by atoms with Crippen LogP contribution in [0.3, 0.4) is 0 Å². The number of aromatic nitrogens is 4. The van der Waals surface area contributed by atoms with Crippen LogP contribution in [0.2, 0.25) is 0 Å². The Morgan fingerprint density at radius 1 is 1.39 bits per heavy atom. The van der Waals surface area contributed by atoms with Crippen molar-refractivity contribution >= 4 is 5.78 Å². The van der Waals surface area contributed by atoms with E-state index < -0.39 is 0 Å². The van der Waals surface area contributed by atoms with Crippen LogP contribution in [0.25, 0.3) is 0 Å². The molecule has 2 aromatic heterocycles. The van der Waals surface area contributed by atoms with Crippen LogP contribution in [0.15, 0.2) is 18.2 Å². The molecule has 2 rings (SSSR count). The molecule has 94 valence electrons. The van der Waals surface area contributed by atoms with Gasteiger partial charge in [0, 0.05) is 18.8 Å². The van der Waals surface area contributed by atoms with E-state index in [-0.39, 0.29) is 12.2 Å². The van der Waals surface area contributed by atoms with Crippen LogP contribution in [0.4, 0.5) is 0 Å². The molecule has 2 aromatic rings. The maximum Gasteiger partial charge on any atom is 0.233 e. The fourth-order valence-electron chi connectivity index (χ4n) is 1.66. The molecule has 0 aliphatic carbocycles. The average Bonchev–Trinajstić information content (AvgIpc) is 2.68. The highest BCUT2D eigenvalue weighted by Gasteiger charge is 2.12. The number of ether oxygens (including phenoxy) is 1. The second-order valence-corrected chi connectivity index (χ2v) is 3.96. The molecule has 0 spiro atoms. The van der Waals surface area contributed by atoms with Crippen molar-refractivity contribution < 1.29 is 9.53 Å². The van der Waals surface area contributed by atoms with Gasteiger partial charge in [-0.2, -0.15) is 5.10 Å². The topological polar surface area (TPSA) is 69.9 Å². The second-order valence-electron chi connectivity index (χ2n) is 3.96. The van der Waals surface area contributed by atoms with Gasteiger partial charge in [-0.25, -0.2) is 0 Å². The summed E-state index contributed by atoms with van der Waals surface area (Å²) < 4.78 is 6.59. The molecule has 0 aromatic carbocycles. The Morgan fingerprint density at radius 3 is 2.67 bits per heavy atom. The predicted molar refractivity (Wildman–Crippen MR) is 64.6 cm³/mol. The SMILES string of the molecule is COc1ccc(C(=O)Cc2cc(C)nn2C)nn1. The maximum absolute atomic E-state index is 12.0. The van der Waals surface area contributed by atoms with Gasteiger partial charge in [0.15, 0.2) is 5.78 Å². The predicted octanol–water partition coefficient (Wildman–Crippen LogP) is 0.953. The summed E-state index contributed by atoms with van der Waals surface area (Å²) in [6, 6.07) is 5.11. The van der Waals surface area contributed by atoms with Crippen molar-refractivity contribution in [3.05, 3.63) is 35.3 Å². The number of carbonyl (C=O) groups excluding carboxylic acids is 1. The number of rotatable bonds is 4. The van der Waals surface area contributed by atoms with E-state index in [0.29, 0.717) is 11.6 Å². The molecule has 0 fully saturated rings.